The van der Waals surface area contributed by atoms with Crippen molar-refractivity contribution in [1.82, 2.24) is 19.7 Å². The number of aromatic nitrogens is 4. The lowest BCUT2D eigenvalue weighted by Gasteiger charge is -2.14. The summed E-state index contributed by atoms with van der Waals surface area (Å²) in [5.74, 6) is 1.85. The Kier molecular flexibility index (Phi) is 5.31. The van der Waals surface area contributed by atoms with E-state index in [4.69, 9.17) is 5.10 Å². The molecule has 0 fully saturated rings. The van der Waals surface area contributed by atoms with Crippen LogP contribution in [0.15, 0.2) is 12.4 Å². The monoisotopic (exact) mass is 287 g/mol. The normalized spacial score (nSPS) is 10.9. The minimum Gasteiger partial charge on any atom is -0.370 e. The highest BCUT2D eigenvalue weighted by Gasteiger charge is 2.16. The molecule has 5 nitrogen and oxygen atoms in total. The predicted molar refractivity (Wildman–Crippen MR) is 86.1 cm³/mol. The molecule has 5 heteroatoms. The average Bonchev–Trinajstić information content (AvgIpc) is 2.92. The fraction of sp³-hybridized carbons (Fsp3) is 0.562. The smallest absolute Gasteiger partial charge is 0.162 e. The van der Waals surface area contributed by atoms with Crippen LogP contribution in [0.2, 0.25) is 0 Å². The molecule has 0 aromatic carbocycles. The van der Waals surface area contributed by atoms with Gasteiger partial charge in [-0.15, -0.1) is 0 Å². The third kappa shape index (κ3) is 3.23. The Labute approximate surface area is 126 Å². The second kappa shape index (κ2) is 7.20. The topological polar surface area (TPSA) is 55.6 Å². The zero-order valence-electron chi connectivity index (χ0n) is 13.5. The molecule has 0 spiro atoms. The third-order valence-corrected chi connectivity index (χ3v) is 3.53. The average molecular weight is 287 g/mol. The van der Waals surface area contributed by atoms with Crippen molar-refractivity contribution in [2.24, 2.45) is 0 Å². The van der Waals surface area contributed by atoms with Gasteiger partial charge >= 0.3 is 0 Å². The lowest BCUT2D eigenvalue weighted by molar-refractivity contribution is 0.748. The lowest BCUT2D eigenvalue weighted by Crippen LogP contribution is -2.12. The largest absolute Gasteiger partial charge is 0.370 e. The Balaban J connectivity index is 2.56. The van der Waals surface area contributed by atoms with Crippen LogP contribution in [0, 0.1) is 0 Å². The van der Waals surface area contributed by atoms with Gasteiger partial charge in [0.15, 0.2) is 5.82 Å². The molecule has 0 atom stereocenters. The van der Waals surface area contributed by atoms with Crippen LogP contribution in [0.5, 0.6) is 0 Å². The summed E-state index contributed by atoms with van der Waals surface area (Å²) in [6.45, 7) is 9.39. The van der Waals surface area contributed by atoms with E-state index in [1.807, 2.05) is 4.68 Å². The summed E-state index contributed by atoms with van der Waals surface area (Å²) in [6.07, 6.45) is 5.51. The standard InChI is InChI=1S/C16H25N5/c1-5-9-14-15(17-8-4)18-11-19-16(14)21-13(7-3)10-12(6-2)20-21/h10-11H,5-9H2,1-4H3,(H,17,18,19). The van der Waals surface area contributed by atoms with E-state index in [-0.39, 0.29) is 0 Å². The van der Waals surface area contributed by atoms with Crippen LogP contribution in [0.25, 0.3) is 5.82 Å². The van der Waals surface area contributed by atoms with Gasteiger partial charge in [0.25, 0.3) is 0 Å². The van der Waals surface area contributed by atoms with Gasteiger partial charge in [0, 0.05) is 17.8 Å². The quantitative estimate of drug-likeness (QED) is 0.850. The molecule has 0 saturated heterocycles. The maximum absolute atomic E-state index is 4.71. The van der Waals surface area contributed by atoms with E-state index in [9.17, 15) is 0 Å². The first-order chi connectivity index (χ1) is 10.2. The van der Waals surface area contributed by atoms with Crippen molar-refractivity contribution in [3.63, 3.8) is 0 Å². The number of nitrogens with zero attached hydrogens (tertiary/aromatic N) is 4. The minimum atomic E-state index is 0.854. The van der Waals surface area contributed by atoms with Crippen molar-refractivity contribution in [1.29, 1.82) is 0 Å². The van der Waals surface area contributed by atoms with E-state index >= 15 is 0 Å². The van der Waals surface area contributed by atoms with Gasteiger partial charge in [-0.1, -0.05) is 27.2 Å². The number of nitrogens with one attached hydrogen (secondary N) is 1. The zero-order chi connectivity index (χ0) is 15.2. The highest BCUT2D eigenvalue weighted by Crippen LogP contribution is 2.22. The molecule has 0 aliphatic heterocycles. The third-order valence-electron chi connectivity index (χ3n) is 3.53. The summed E-state index contributed by atoms with van der Waals surface area (Å²) in [7, 11) is 0. The molecule has 0 amide bonds. The Morgan fingerprint density at radius 1 is 1.10 bits per heavy atom. The van der Waals surface area contributed by atoms with Gasteiger partial charge in [0.1, 0.15) is 12.1 Å². The molecule has 1 N–H and O–H groups in total. The van der Waals surface area contributed by atoms with E-state index < -0.39 is 0 Å². The van der Waals surface area contributed by atoms with Gasteiger partial charge in [0.2, 0.25) is 0 Å². The van der Waals surface area contributed by atoms with Crippen LogP contribution < -0.4 is 5.32 Å². The highest BCUT2D eigenvalue weighted by molar-refractivity contribution is 5.52. The summed E-state index contributed by atoms with van der Waals surface area (Å²) in [5.41, 5.74) is 3.46. The van der Waals surface area contributed by atoms with Gasteiger partial charge in [-0.05, 0) is 32.3 Å². The molecule has 2 aromatic rings. The fourth-order valence-corrected chi connectivity index (χ4v) is 2.47. The summed E-state index contributed by atoms with van der Waals surface area (Å²) < 4.78 is 1.99. The minimum absolute atomic E-state index is 0.854. The van der Waals surface area contributed by atoms with Crippen molar-refractivity contribution in [3.05, 3.63) is 29.3 Å². The lowest BCUT2D eigenvalue weighted by atomic mass is 10.1. The Morgan fingerprint density at radius 3 is 2.52 bits per heavy atom. The molecule has 0 unspecified atom stereocenters. The second-order valence-corrected chi connectivity index (χ2v) is 5.05. The number of rotatable bonds is 7. The van der Waals surface area contributed by atoms with E-state index in [1.165, 1.54) is 5.69 Å². The van der Waals surface area contributed by atoms with Crippen molar-refractivity contribution in [2.45, 2.75) is 53.4 Å². The van der Waals surface area contributed by atoms with Crippen LogP contribution >= 0.6 is 0 Å². The van der Waals surface area contributed by atoms with E-state index in [0.29, 0.717) is 0 Å². The van der Waals surface area contributed by atoms with Crippen molar-refractivity contribution < 1.29 is 0 Å². The van der Waals surface area contributed by atoms with Crippen molar-refractivity contribution in [3.8, 4) is 5.82 Å². The SMILES string of the molecule is CCCc1c(NCC)ncnc1-n1nc(CC)cc1CC. The molecule has 0 aliphatic carbocycles. The molecule has 114 valence electrons. The highest BCUT2D eigenvalue weighted by atomic mass is 15.3. The summed E-state index contributed by atoms with van der Waals surface area (Å²) in [4.78, 5) is 8.91. The van der Waals surface area contributed by atoms with Crippen molar-refractivity contribution >= 4 is 5.82 Å². The van der Waals surface area contributed by atoms with Crippen LogP contribution in [0.4, 0.5) is 5.82 Å². The second-order valence-electron chi connectivity index (χ2n) is 5.05. The van der Waals surface area contributed by atoms with Crippen LogP contribution in [-0.4, -0.2) is 26.3 Å². The molecule has 2 aromatic heterocycles. The number of aryl methyl sites for hydroxylation is 2. The zero-order valence-corrected chi connectivity index (χ0v) is 13.5. The number of anilines is 1. The van der Waals surface area contributed by atoms with Gasteiger partial charge in [0.05, 0.1) is 5.69 Å². The number of hydrogen-bond donors (Lipinski definition) is 1. The summed E-state index contributed by atoms with van der Waals surface area (Å²) in [6, 6.07) is 2.17. The Bertz CT molecular complexity index is 588. The first-order valence-electron chi connectivity index (χ1n) is 7.90. The van der Waals surface area contributed by atoms with E-state index in [1.54, 1.807) is 6.33 Å². The maximum atomic E-state index is 4.71. The first kappa shape index (κ1) is 15.5. The predicted octanol–water partition coefficient (Wildman–Crippen LogP) is 3.17. The molecule has 0 aliphatic rings. The molecule has 0 radical (unpaired) electrons. The molecule has 2 rings (SSSR count). The maximum Gasteiger partial charge on any atom is 0.162 e. The Hall–Kier alpha value is -1.91. The molecule has 21 heavy (non-hydrogen) atoms. The number of hydrogen-bond acceptors (Lipinski definition) is 4. The molecule has 0 bridgehead atoms. The fourth-order valence-electron chi connectivity index (χ4n) is 2.47. The van der Waals surface area contributed by atoms with Gasteiger partial charge in [-0.25, -0.2) is 14.6 Å². The van der Waals surface area contributed by atoms with Crippen LogP contribution in [0.1, 0.15) is 51.1 Å². The van der Waals surface area contributed by atoms with Gasteiger partial charge in [-0.3, -0.25) is 0 Å². The van der Waals surface area contributed by atoms with Gasteiger partial charge in [-0.2, -0.15) is 5.10 Å². The van der Waals surface area contributed by atoms with Crippen molar-refractivity contribution in [2.75, 3.05) is 11.9 Å². The van der Waals surface area contributed by atoms with Crippen LogP contribution in [0.3, 0.4) is 0 Å². The first-order valence-corrected chi connectivity index (χ1v) is 7.90. The Morgan fingerprint density at radius 2 is 1.90 bits per heavy atom. The van der Waals surface area contributed by atoms with E-state index in [0.717, 1.165) is 55.1 Å². The molecule has 2 heterocycles. The molecular formula is C16H25N5. The van der Waals surface area contributed by atoms with Gasteiger partial charge < -0.3 is 5.32 Å². The molecule has 0 saturated carbocycles. The summed E-state index contributed by atoms with van der Waals surface area (Å²) in [5, 5.41) is 8.05. The summed E-state index contributed by atoms with van der Waals surface area (Å²) >= 11 is 0. The van der Waals surface area contributed by atoms with E-state index in [2.05, 4.69) is 49.0 Å². The molecular weight excluding hydrogens is 262 g/mol. The van der Waals surface area contributed by atoms with Crippen LogP contribution in [-0.2, 0) is 19.3 Å².